The van der Waals surface area contributed by atoms with Crippen LogP contribution in [0.4, 0.5) is 17.6 Å². The molecule has 1 unspecified atom stereocenters. The van der Waals surface area contributed by atoms with Crippen molar-refractivity contribution in [1.29, 1.82) is 0 Å². The molecule has 5 heteroatoms. The number of thioether (sulfide) groups is 1. The molecule has 1 aromatic rings. The maximum absolute atomic E-state index is 12.9. The molecular formula is C10H7F4S. The number of benzene rings is 1. The van der Waals surface area contributed by atoms with Crippen molar-refractivity contribution >= 4 is 11.8 Å². The van der Waals surface area contributed by atoms with Gasteiger partial charge in [0, 0.05) is 11.3 Å². The molecule has 0 saturated heterocycles. The Morgan fingerprint density at radius 2 is 2.00 bits per heavy atom. The monoisotopic (exact) mass is 235 g/mol. The van der Waals surface area contributed by atoms with Crippen LogP contribution in [0.3, 0.4) is 0 Å². The van der Waals surface area contributed by atoms with Crippen LogP contribution in [0.5, 0.6) is 0 Å². The van der Waals surface area contributed by atoms with Crippen LogP contribution >= 0.6 is 11.8 Å². The summed E-state index contributed by atoms with van der Waals surface area (Å²) >= 11 is 1.15. The first-order chi connectivity index (χ1) is 6.97. The standard InChI is InChI=1S/C10H7F4S/c11-8-4-6-3-7(10(12,13)14)1-2-9(6)15-5-8/h1-3,5,8H,4H2. The Bertz CT molecular complexity index is 372. The van der Waals surface area contributed by atoms with Crippen molar-refractivity contribution in [2.75, 3.05) is 0 Å². The summed E-state index contributed by atoms with van der Waals surface area (Å²) < 4.78 is 50.0. The molecule has 0 nitrogen and oxygen atoms in total. The zero-order valence-corrected chi connectivity index (χ0v) is 8.33. The molecule has 0 bridgehead atoms. The van der Waals surface area contributed by atoms with Crippen molar-refractivity contribution < 1.29 is 17.6 Å². The molecule has 1 radical (unpaired) electrons. The first-order valence-electron chi connectivity index (χ1n) is 4.31. The molecule has 1 atom stereocenters. The third kappa shape index (κ3) is 2.27. The van der Waals surface area contributed by atoms with E-state index in [1.807, 2.05) is 0 Å². The van der Waals surface area contributed by atoms with Gasteiger partial charge in [-0.3, -0.25) is 0 Å². The highest BCUT2D eigenvalue weighted by atomic mass is 32.2. The summed E-state index contributed by atoms with van der Waals surface area (Å²) in [5, 5.41) is 0. The lowest BCUT2D eigenvalue weighted by atomic mass is 10.1. The minimum Gasteiger partial charge on any atom is -0.246 e. The van der Waals surface area contributed by atoms with E-state index >= 15 is 0 Å². The van der Waals surface area contributed by atoms with Gasteiger partial charge in [-0.25, -0.2) is 4.39 Å². The molecule has 0 aliphatic carbocycles. The molecule has 2 rings (SSSR count). The second-order valence-corrected chi connectivity index (χ2v) is 4.24. The molecule has 0 fully saturated rings. The van der Waals surface area contributed by atoms with Gasteiger partial charge in [-0.1, -0.05) is 0 Å². The number of fused-ring (bicyclic) bond motifs is 1. The van der Waals surface area contributed by atoms with Crippen LogP contribution in [-0.2, 0) is 12.6 Å². The van der Waals surface area contributed by atoms with Gasteiger partial charge in [0.05, 0.1) is 11.3 Å². The van der Waals surface area contributed by atoms with Gasteiger partial charge in [-0.2, -0.15) is 13.2 Å². The zero-order chi connectivity index (χ0) is 11.1. The fourth-order valence-electron chi connectivity index (χ4n) is 1.44. The van der Waals surface area contributed by atoms with E-state index in [1.165, 1.54) is 11.8 Å². The summed E-state index contributed by atoms with van der Waals surface area (Å²) in [7, 11) is 0. The van der Waals surface area contributed by atoms with Crippen LogP contribution in [0, 0.1) is 5.75 Å². The molecule has 15 heavy (non-hydrogen) atoms. The molecule has 81 valence electrons. The smallest absolute Gasteiger partial charge is 0.246 e. The van der Waals surface area contributed by atoms with E-state index in [-0.39, 0.29) is 6.42 Å². The average Bonchev–Trinajstić information content (AvgIpc) is 2.15. The SMILES string of the molecule is FC1[CH]Sc2ccc(C(F)(F)F)cc2C1. The highest BCUT2D eigenvalue weighted by Crippen LogP contribution is 2.38. The van der Waals surface area contributed by atoms with E-state index in [4.69, 9.17) is 0 Å². The summed E-state index contributed by atoms with van der Waals surface area (Å²) in [5.74, 6) is 1.40. The summed E-state index contributed by atoms with van der Waals surface area (Å²) in [6.07, 6.45) is -5.48. The lowest BCUT2D eigenvalue weighted by Gasteiger charge is -2.19. The minimum absolute atomic E-state index is 0.0340. The number of hydrogen-bond acceptors (Lipinski definition) is 1. The van der Waals surface area contributed by atoms with Crippen molar-refractivity contribution in [3.05, 3.63) is 35.1 Å². The Kier molecular flexibility index (Phi) is 2.66. The summed E-state index contributed by atoms with van der Waals surface area (Å²) in [5.41, 5.74) is -0.277. The van der Waals surface area contributed by atoms with Crippen molar-refractivity contribution in [3.8, 4) is 0 Å². The van der Waals surface area contributed by atoms with Gasteiger partial charge in [0.25, 0.3) is 0 Å². The van der Waals surface area contributed by atoms with Gasteiger partial charge >= 0.3 is 6.18 Å². The van der Waals surface area contributed by atoms with E-state index < -0.39 is 17.9 Å². The third-order valence-electron chi connectivity index (χ3n) is 2.15. The quantitative estimate of drug-likeness (QED) is 0.615. The number of halogens is 4. The molecule has 1 aliphatic rings. The predicted octanol–water partition coefficient (Wildman–Crippen LogP) is 3.85. The Labute approximate surface area is 88.7 Å². The van der Waals surface area contributed by atoms with Gasteiger partial charge in [0.1, 0.15) is 6.17 Å². The molecule has 0 saturated carbocycles. The highest BCUT2D eigenvalue weighted by molar-refractivity contribution is 8.01. The molecule has 0 aromatic heterocycles. The maximum Gasteiger partial charge on any atom is 0.416 e. The van der Waals surface area contributed by atoms with Gasteiger partial charge in [0.15, 0.2) is 0 Å². The second-order valence-electron chi connectivity index (χ2n) is 3.29. The van der Waals surface area contributed by atoms with Gasteiger partial charge in [-0.05, 0) is 23.8 Å². The molecule has 0 spiro atoms. The average molecular weight is 235 g/mol. The lowest BCUT2D eigenvalue weighted by Crippen LogP contribution is -2.12. The highest BCUT2D eigenvalue weighted by Gasteiger charge is 2.32. The van der Waals surface area contributed by atoms with Crippen LogP contribution in [0.2, 0.25) is 0 Å². The van der Waals surface area contributed by atoms with E-state index in [0.717, 1.165) is 23.9 Å². The first-order valence-corrected chi connectivity index (χ1v) is 5.19. The normalized spacial score (nSPS) is 21.2. The van der Waals surface area contributed by atoms with Crippen molar-refractivity contribution in [2.24, 2.45) is 0 Å². The van der Waals surface area contributed by atoms with Crippen molar-refractivity contribution in [2.45, 2.75) is 23.7 Å². The molecule has 1 aromatic carbocycles. The largest absolute Gasteiger partial charge is 0.416 e. The van der Waals surface area contributed by atoms with Gasteiger partial charge in [-0.15, -0.1) is 11.8 Å². The Balaban J connectivity index is 2.37. The van der Waals surface area contributed by atoms with Crippen molar-refractivity contribution in [3.63, 3.8) is 0 Å². The predicted molar refractivity (Wildman–Crippen MR) is 50.2 cm³/mol. The number of hydrogen-bond donors (Lipinski definition) is 0. The van der Waals surface area contributed by atoms with Crippen molar-refractivity contribution in [1.82, 2.24) is 0 Å². The first kappa shape index (κ1) is 10.8. The number of alkyl halides is 4. The third-order valence-corrected chi connectivity index (χ3v) is 3.23. The number of rotatable bonds is 0. The Hall–Kier alpha value is -0.710. The maximum atomic E-state index is 12.9. The Morgan fingerprint density at radius 1 is 1.27 bits per heavy atom. The molecule has 0 amide bonds. The van der Waals surface area contributed by atoms with Gasteiger partial charge in [0.2, 0.25) is 0 Å². The fourth-order valence-corrected chi connectivity index (χ4v) is 2.27. The van der Waals surface area contributed by atoms with Crippen LogP contribution in [0.15, 0.2) is 23.1 Å². The van der Waals surface area contributed by atoms with Crippen LogP contribution in [0.25, 0.3) is 0 Å². The Morgan fingerprint density at radius 3 is 2.67 bits per heavy atom. The van der Waals surface area contributed by atoms with E-state index in [2.05, 4.69) is 0 Å². The summed E-state index contributed by atoms with van der Waals surface area (Å²) in [6.45, 7) is 0. The molecule has 1 aliphatic heterocycles. The minimum atomic E-state index is -4.35. The second kappa shape index (κ2) is 3.70. The van der Waals surface area contributed by atoms with Crippen LogP contribution in [0.1, 0.15) is 11.1 Å². The van der Waals surface area contributed by atoms with Crippen LogP contribution < -0.4 is 0 Å². The van der Waals surface area contributed by atoms with E-state index in [1.54, 1.807) is 0 Å². The lowest BCUT2D eigenvalue weighted by molar-refractivity contribution is -0.137. The summed E-state index contributed by atoms with van der Waals surface area (Å²) in [6, 6.07) is 3.45. The van der Waals surface area contributed by atoms with E-state index in [0.29, 0.717) is 10.5 Å². The van der Waals surface area contributed by atoms with E-state index in [9.17, 15) is 17.6 Å². The fraction of sp³-hybridized carbons (Fsp3) is 0.300. The van der Waals surface area contributed by atoms with Gasteiger partial charge < -0.3 is 0 Å². The molecular weight excluding hydrogens is 228 g/mol. The summed E-state index contributed by atoms with van der Waals surface area (Å²) in [4.78, 5) is 0.705. The zero-order valence-electron chi connectivity index (χ0n) is 7.51. The molecule has 1 heterocycles. The van der Waals surface area contributed by atoms with Crippen LogP contribution in [-0.4, -0.2) is 6.17 Å². The molecule has 0 N–H and O–H groups in total. The topological polar surface area (TPSA) is 0 Å².